The molecule has 3 nitrogen and oxygen atoms in total. The highest BCUT2D eigenvalue weighted by Crippen LogP contribution is 2.36. The minimum Gasteiger partial charge on any atom is -0.224 e. The number of benzene rings is 3. The van der Waals surface area contributed by atoms with Crippen molar-refractivity contribution in [2.24, 2.45) is 0 Å². The third kappa shape index (κ3) is 3.05. The second kappa shape index (κ2) is 6.34. The van der Waals surface area contributed by atoms with Crippen LogP contribution in [0.25, 0.3) is 0 Å². The van der Waals surface area contributed by atoms with Gasteiger partial charge in [0, 0.05) is 6.26 Å². The van der Waals surface area contributed by atoms with E-state index < -0.39 is 19.8 Å². The van der Waals surface area contributed by atoms with Crippen molar-refractivity contribution in [2.45, 2.75) is 19.6 Å². The molecule has 0 aromatic heterocycles. The predicted molar refractivity (Wildman–Crippen MR) is 95.3 cm³/mol. The molecule has 0 aliphatic carbocycles. The Morgan fingerprint density at radius 3 is 1.38 bits per heavy atom. The molecule has 122 valence electrons. The Morgan fingerprint density at radius 2 is 1.00 bits per heavy atom. The Kier molecular flexibility index (Phi) is 4.39. The van der Waals surface area contributed by atoms with Crippen molar-refractivity contribution in [3.05, 3.63) is 84.9 Å². The van der Waals surface area contributed by atoms with Gasteiger partial charge in [-0.2, -0.15) is 0 Å². The van der Waals surface area contributed by atoms with Crippen molar-refractivity contribution >= 4 is 19.8 Å². The Labute approximate surface area is 143 Å². The normalized spacial score (nSPS) is 12.0. The van der Waals surface area contributed by atoms with Gasteiger partial charge in [-0.15, -0.1) is 0 Å². The van der Waals surface area contributed by atoms with Gasteiger partial charge in [0.05, 0.1) is 4.90 Å². The first-order chi connectivity index (χ1) is 11.4. The van der Waals surface area contributed by atoms with E-state index in [9.17, 15) is 12.6 Å². The SMILES string of the molecule is CS(=O)(=O)c1ccc([S+](=O)(c2ccccc2)c2ccccc2)cc1. The quantitative estimate of drug-likeness (QED) is 0.662. The second-order valence-corrected chi connectivity index (χ2v) is 9.97. The molecule has 0 unspecified atom stereocenters. The number of hydrogen-bond donors (Lipinski definition) is 0. The fourth-order valence-corrected chi connectivity index (χ4v) is 5.56. The van der Waals surface area contributed by atoms with Crippen LogP contribution in [0, 0.1) is 0 Å². The lowest BCUT2D eigenvalue weighted by atomic mass is 10.4. The molecule has 0 bridgehead atoms. The van der Waals surface area contributed by atoms with Crippen molar-refractivity contribution in [3.8, 4) is 0 Å². The van der Waals surface area contributed by atoms with Crippen LogP contribution in [0.4, 0.5) is 0 Å². The van der Waals surface area contributed by atoms with Crippen LogP contribution in [0.1, 0.15) is 0 Å². The minimum absolute atomic E-state index is 0.217. The summed E-state index contributed by atoms with van der Waals surface area (Å²) in [5, 5.41) is 0. The van der Waals surface area contributed by atoms with Crippen LogP contribution in [0.2, 0.25) is 0 Å². The lowest BCUT2D eigenvalue weighted by molar-refractivity contribution is 0.583. The zero-order chi connectivity index (χ0) is 17.2. The Balaban J connectivity index is 2.22. The molecule has 0 spiro atoms. The molecule has 0 amide bonds. The summed E-state index contributed by atoms with van der Waals surface area (Å²) < 4.78 is 37.3. The zero-order valence-electron chi connectivity index (χ0n) is 13.1. The van der Waals surface area contributed by atoms with Crippen LogP contribution in [-0.4, -0.2) is 14.7 Å². The molecule has 0 fully saturated rings. The Bertz CT molecular complexity index is 934. The van der Waals surface area contributed by atoms with Crippen LogP contribution < -0.4 is 0 Å². The first-order valence-corrected chi connectivity index (χ1v) is 10.8. The molecule has 0 N–H and O–H groups in total. The van der Waals surface area contributed by atoms with Crippen LogP contribution in [0.15, 0.2) is 105 Å². The molecule has 3 rings (SSSR count). The molecular weight excluding hydrogens is 340 g/mol. The largest absolute Gasteiger partial charge is 0.224 e. The molecular formula is C19H17O3S2+. The minimum atomic E-state index is -3.29. The van der Waals surface area contributed by atoms with Gasteiger partial charge in [0.15, 0.2) is 34.5 Å². The highest BCUT2D eigenvalue weighted by molar-refractivity contribution is 8.03. The summed E-state index contributed by atoms with van der Waals surface area (Å²) in [7, 11) is -5.97. The molecule has 0 heterocycles. The molecule has 3 aromatic rings. The lowest BCUT2D eigenvalue weighted by Crippen LogP contribution is -2.13. The molecule has 0 saturated heterocycles. The third-order valence-electron chi connectivity index (χ3n) is 3.73. The first kappa shape index (κ1) is 16.6. The van der Waals surface area contributed by atoms with Crippen molar-refractivity contribution in [1.82, 2.24) is 0 Å². The third-order valence-corrected chi connectivity index (χ3v) is 7.67. The smallest absolute Gasteiger partial charge is 0.182 e. The molecule has 0 radical (unpaired) electrons. The van der Waals surface area contributed by atoms with Gasteiger partial charge in [-0.1, -0.05) is 40.6 Å². The number of hydrogen-bond acceptors (Lipinski definition) is 3. The van der Waals surface area contributed by atoms with E-state index >= 15 is 0 Å². The molecule has 24 heavy (non-hydrogen) atoms. The lowest BCUT2D eigenvalue weighted by Gasteiger charge is -2.12. The van der Waals surface area contributed by atoms with E-state index in [1.807, 2.05) is 60.7 Å². The van der Waals surface area contributed by atoms with Crippen molar-refractivity contribution in [1.29, 1.82) is 0 Å². The van der Waals surface area contributed by atoms with E-state index in [1.54, 1.807) is 12.1 Å². The second-order valence-electron chi connectivity index (χ2n) is 5.43. The molecule has 0 aliphatic rings. The summed E-state index contributed by atoms with van der Waals surface area (Å²) in [5.74, 6) is 0. The maximum Gasteiger partial charge on any atom is 0.182 e. The highest BCUT2D eigenvalue weighted by atomic mass is 32.2. The summed E-state index contributed by atoms with van der Waals surface area (Å²) in [6.07, 6.45) is 1.16. The van der Waals surface area contributed by atoms with Crippen LogP contribution in [0.5, 0.6) is 0 Å². The first-order valence-electron chi connectivity index (χ1n) is 7.37. The molecule has 3 aromatic carbocycles. The summed E-state index contributed by atoms with van der Waals surface area (Å²) in [6, 6.07) is 24.8. The highest BCUT2D eigenvalue weighted by Gasteiger charge is 2.37. The molecule has 0 aliphatic heterocycles. The van der Waals surface area contributed by atoms with Gasteiger partial charge in [-0.3, -0.25) is 0 Å². The Hall–Kier alpha value is -2.24. The van der Waals surface area contributed by atoms with E-state index in [-0.39, 0.29) is 4.90 Å². The van der Waals surface area contributed by atoms with Gasteiger partial charge < -0.3 is 0 Å². The van der Waals surface area contributed by atoms with Gasteiger partial charge in [-0.25, -0.2) is 8.42 Å². The van der Waals surface area contributed by atoms with Gasteiger partial charge in [0.2, 0.25) is 0 Å². The van der Waals surface area contributed by atoms with E-state index in [0.717, 1.165) is 6.26 Å². The zero-order valence-corrected chi connectivity index (χ0v) is 14.8. The summed E-state index contributed by atoms with van der Waals surface area (Å²) in [6.45, 7) is 0. The summed E-state index contributed by atoms with van der Waals surface area (Å²) >= 11 is 0. The van der Waals surface area contributed by atoms with Crippen LogP contribution >= 0.6 is 0 Å². The fraction of sp³-hybridized carbons (Fsp3) is 0.0526. The number of sulfone groups is 1. The van der Waals surface area contributed by atoms with Crippen molar-refractivity contribution in [2.75, 3.05) is 6.26 Å². The summed E-state index contributed by atoms with van der Waals surface area (Å²) in [4.78, 5) is 2.20. The van der Waals surface area contributed by atoms with E-state index in [0.29, 0.717) is 14.7 Å². The summed E-state index contributed by atoms with van der Waals surface area (Å²) in [5.41, 5.74) is 0. The average Bonchev–Trinajstić information content (AvgIpc) is 2.62. The average molecular weight is 357 g/mol. The van der Waals surface area contributed by atoms with Gasteiger partial charge in [0.1, 0.15) is 0 Å². The van der Waals surface area contributed by atoms with Crippen molar-refractivity contribution in [3.63, 3.8) is 0 Å². The standard InChI is InChI=1S/C19H17O3S2/c1-23(20,21)16-12-14-19(15-13-16)24(22,17-8-4-2-5-9-17)18-10-6-3-7-11-18/h2-15H,1H3/q+1. The van der Waals surface area contributed by atoms with Gasteiger partial charge in [0.25, 0.3) is 0 Å². The Morgan fingerprint density at radius 1 is 0.625 bits per heavy atom. The monoisotopic (exact) mass is 357 g/mol. The molecule has 0 saturated carbocycles. The van der Waals surface area contributed by atoms with E-state index in [4.69, 9.17) is 0 Å². The van der Waals surface area contributed by atoms with E-state index in [2.05, 4.69) is 0 Å². The van der Waals surface area contributed by atoms with Crippen LogP contribution in [0.3, 0.4) is 0 Å². The topological polar surface area (TPSA) is 51.2 Å². The maximum absolute atomic E-state index is 14.0. The van der Waals surface area contributed by atoms with Crippen LogP contribution in [-0.2, 0) is 24.0 Å². The predicted octanol–water partition coefficient (Wildman–Crippen LogP) is 4.07. The number of rotatable bonds is 4. The van der Waals surface area contributed by atoms with Crippen molar-refractivity contribution < 1.29 is 12.6 Å². The molecule has 0 atom stereocenters. The van der Waals surface area contributed by atoms with E-state index in [1.165, 1.54) is 12.1 Å². The molecule has 5 heteroatoms. The fourth-order valence-electron chi connectivity index (χ4n) is 2.51. The van der Waals surface area contributed by atoms with Gasteiger partial charge in [-0.05, 0) is 48.5 Å². The maximum atomic E-state index is 14.0. The van der Waals surface area contributed by atoms with Gasteiger partial charge >= 0.3 is 0 Å².